The van der Waals surface area contributed by atoms with Crippen LogP contribution in [0.2, 0.25) is 0 Å². The molecule has 0 bridgehead atoms. The standard InChI is InChI=1S/C16H23NO4S/c1-16(2,3)21-15(20)17-13(14(18)19)9-10-22-11-12-7-5-4-6-8-12/h4-8,13H,9-11H2,1-3H3,(H,17,20)(H,18,19). The van der Waals surface area contributed by atoms with Gasteiger partial charge >= 0.3 is 12.1 Å². The van der Waals surface area contributed by atoms with E-state index in [0.29, 0.717) is 12.2 Å². The molecule has 1 aromatic carbocycles. The molecule has 1 amide bonds. The van der Waals surface area contributed by atoms with Crippen LogP contribution in [-0.2, 0) is 15.3 Å². The van der Waals surface area contributed by atoms with Crippen molar-refractivity contribution in [2.75, 3.05) is 5.75 Å². The Morgan fingerprint density at radius 2 is 1.91 bits per heavy atom. The predicted molar refractivity (Wildman–Crippen MR) is 88.0 cm³/mol. The van der Waals surface area contributed by atoms with Crippen molar-refractivity contribution in [2.45, 2.75) is 44.6 Å². The summed E-state index contributed by atoms with van der Waals surface area (Å²) in [7, 11) is 0. The molecule has 0 radical (unpaired) electrons. The van der Waals surface area contributed by atoms with Crippen LogP contribution in [0.5, 0.6) is 0 Å². The van der Waals surface area contributed by atoms with E-state index in [1.807, 2.05) is 30.3 Å². The van der Waals surface area contributed by atoms with Crippen molar-refractivity contribution in [2.24, 2.45) is 0 Å². The third-order valence-corrected chi connectivity index (χ3v) is 3.71. The number of hydrogen-bond donors (Lipinski definition) is 2. The fourth-order valence-electron chi connectivity index (χ4n) is 1.67. The minimum absolute atomic E-state index is 0.353. The molecule has 22 heavy (non-hydrogen) atoms. The Hall–Kier alpha value is -1.69. The van der Waals surface area contributed by atoms with E-state index in [4.69, 9.17) is 9.84 Å². The zero-order valence-electron chi connectivity index (χ0n) is 13.2. The Morgan fingerprint density at radius 1 is 1.27 bits per heavy atom. The van der Waals surface area contributed by atoms with E-state index in [0.717, 1.165) is 5.75 Å². The summed E-state index contributed by atoms with van der Waals surface area (Å²) in [4.78, 5) is 22.8. The number of carbonyl (C=O) groups excluding carboxylic acids is 1. The summed E-state index contributed by atoms with van der Waals surface area (Å²) in [6.45, 7) is 5.20. The van der Waals surface area contributed by atoms with Crippen molar-refractivity contribution < 1.29 is 19.4 Å². The lowest BCUT2D eigenvalue weighted by Gasteiger charge is -2.21. The van der Waals surface area contributed by atoms with Crippen LogP contribution < -0.4 is 5.32 Å². The first-order chi connectivity index (χ1) is 10.3. The molecular formula is C16H23NO4S. The summed E-state index contributed by atoms with van der Waals surface area (Å²) in [5, 5.41) is 11.6. The number of nitrogens with one attached hydrogen (secondary N) is 1. The van der Waals surface area contributed by atoms with E-state index in [9.17, 15) is 9.59 Å². The third-order valence-electron chi connectivity index (χ3n) is 2.65. The maximum Gasteiger partial charge on any atom is 0.408 e. The first-order valence-electron chi connectivity index (χ1n) is 7.12. The number of rotatable bonds is 7. The van der Waals surface area contributed by atoms with Gasteiger partial charge in [0.25, 0.3) is 0 Å². The molecule has 1 aromatic rings. The van der Waals surface area contributed by atoms with Gasteiger partial charge in [-0.25, -0.2) is 9.59 Å². The fraction of sp³-hybridized carbons (Fsp3) is 0.500. The van der Waals surface area contributed by atoms with Crippen LogP contribution in [-0.4, -0.2) is 34.6 Å². The Bertz CT molecular complexity index is 485. The van der Waals surface area contributed by atoms with E-state index >= 15 is 0 Å². The summed E-state index contributed by atoms with van der Waals surface area (Å²) in [6, 6.07) is 9.03. The molecule has 1 atom stereocenters. The van der Waals surface area contributed by atoms with Gasteiger partial charge in [0.1, 0.15) is 11.6 Å². The lowest BCUT2D eigenvalue weighted by molar-refractivity contribution is -0.139. The van der Waals surface area contributed by atoms with E-state index in [1.54, 1.807) is 32.5 Å². The molecule has 0 saturated carbocycles. The average Bonchev–Trinajstić information content (AvgIpc) is 2.41. The van der Waals surface area contributed by atoms with E-state index in [-0.39, 0.29) is 0 Å². The highest BCUT2D eigenvalue weighted by atomic mass is 32.2. The van der Waals surface area contributed by atoms with E-state index in [1.165, 1.54) is 5.56 Å². The minimum atomic E-state index is -1.05. The minimum Gasteiger partial charge on any atom is -0.480 e. The molecule has 0 spiro atoms. The van der Waals surface area contributed by atoms with Gasteiger partial charge in [-0.15, -0.1) is 0 Å². The van der Waals surface area contributed by atoms with Gasteiger partial charge in [-0.1, -0.05) is 30.3 Å². The molecule has 0 aliphatic heterocycles. The zero-order valence-corrected chi connectivity index (χ0v) is 14.0. The molecule has 0 saturated heterocycles. The molecule has 0 aliphatic rings. The molecule has 0 fully saturated rings. The fourth-order valence-corrected chi connectivity index (χ4v) is 2.65. The summed E-state index contributed by atoms with van der Waals surface area (Å²) >= 11 is 1.64. The van der Waals surface area contributed by atoms with Crippen molar-refractivity contribution in [1.82, 2.24) is 5.32 Å². The first kappa shape index (κ1) is 18.4. The number of aliphatic carboxylic acids is 1. The maximum absolute atomic E-state index is 11.6. The van der Waals surface area contributed by atoms with Crippen LogP contribution in [0, 0.1) is 0 Å². The lowest BCUT2D eigenvalue weighted by atomic mass is 10.2. The molecule has 0 heterocycles. The van der Waals surface area contributed by atoms with Gasteiger partial charge < -0.3 is 15.2 Å². The second-order valence-corrected chi connectivity index (χ2v) is 6.97. The molecule has 1 rings (SSSR count). The molecule has 2 N–H and O–H groups in total. The summed E-state index contributed by atoms with van der Waals surface area (Å²) < 4.78 is 5.07. The van der Waals surface area contributed by atoms with Crippen LogP contribution in [0.15, 0.2) is 30.3 Å². The van der Waals surface area contributed by atoms with Gasteiger partial charge in [0, 0.05) is 5.75 Å². The SMILES string of the molecule is CC(C)(C)OC(=O)NC(CCSCc1ccccc1)C(=O)O. The Morgan fingerprint density at radius 3 is 2.45 bits per heavy atom. The number of thioether (sulfide) groups is 1. The Labute approximate surface area is 135 Å². The average molecular weight is 325 g/mol. The quantitative estimate of drug-likeness (QED) is 0.752. The van der Waals surface area contributed by atoms with Crippen molar-refractivity contribution >= 4 is 23.8 Å². The molecular weight excluding hydrogens is 302 g/mol. The third kappa shape index (κ3) is 7.93. The number of ether oxygens (including phenoxy) is 1. The normalized spacial score (nSPS) is 12.5. The Kier molecular flexibility index (Phi) is 7.24. The lowest BCUT2D eigenvalue weighted by Crippen LogP contribution is -2.43. The smallest absolute Gasteiger partial charge is 0.408 e. The summed E-state index contributed by atoms with van der Waals surface area (Å²) in [6.07, 6.45) is -0.348. The zero-order chi connectivity index (χ0) is 16.6. The van der Waals surface area contributed by atoms with Gasteiger partial charge in [-0.2, -0.15) is 11.8 Å². The first-order valence-corrected chi connectivity index (χ1v) is 8.27. The molecule has 1 unspecified atom stereocenters. The van der Waals surface area contributed by atoms with E-state index in [2.05, 4.69) is 5.32 Å². The van der Waals surface area contributed by atoms with Crippen molar-refractivity contribution in [3.05, 3.63) is 35.9 Å². The highest BCUT2D eigenvalue weighted by Crippen LogP contribution is 2.14. The van der Waals surface area contributed by atoms with Gasteiger partial charge in [0.05, 0.1) is 0 Å². The van der Waals surface area contributed by atoms with Gasteiger partial charge in [-0.3, -0.25) is 0 Å². The van der Waals surface area contributed by atoms with Crippen LogP contribution >= 0.6 is 11.8 Å². The molecule has 0 aliphatic carbocycles. The van der Waals surface area contributed by atoms with Crippen LogP contribution in [0.1, 0.15) is 32.8 Å². The van der Waals surface area contributed by atoms with Crippen molar-refractivity contribution in [3.63, 3.8) is 0 Å². The number of benzene rings is 1. The van der Waals surface area contributed by atoms with Crippen LogP contribution in [0.25, 0.3) is 0 Å². The maximum atomic E-state index is 11.6. The van der Waals surface area contributed by atoms with Crippen molar-refractivity contribution in [1.29, 1.82) is 0 Å². The van der Waals surface area contributed by atoms with Crippen LogP contribution in [0.4, 0.5) is 4.79 Å². The second kappa shape index (κ2) is 8.68. The monoisotopic (exact) mass is 325 g/mol. The highest BCUT2D eigenvalue weighted by molar-refractivity contribution is 7.98. The van der Waals surface area contributed by atoms with Gasteiger partial charge in [0.2, 0.25) is 0 Å². The van der Waals surface area contributed by atoms with Crippen LogP contribution in [0.3, 0.4) is 0 Å². The number of carbonyl (C=O) groups is 2. The predicted octanol–water partition coefficient (Wildman–Crippen LogP) is 3.29. The largest absolute Gasteiger partial charge is 0.480 e. The van der Waals surface area contributed by atoms with E-state index < -0.39 is 23.7 Å². The summed E-state index contributed by atoms with van der Waals surface area (Å²) in [5.74, 6) is 0.410. The molecule has 6 heteroatoms. The highest BCUT2D eigenvalue weighted by Gasteiger charge is 2.23. The number of hydrogen-bond acceptors (Lipinski definition) is 4. The Balaban J connectivity index is 2.35. The number of alkyl carbamates (subject to hydrolysis) is 1. The number of carboxylic acid groups (broad SMARTS) is 1. The van der Waals surface area contributed by atoms with Crippen molar-refractivity contribution in [3.8, 4) is 0 Å². The second-order valence-electron chi connectivity index (χ2n) is 5.86. The molecule has 0 aromatic heterocycles. The van der Waals surface area contributed by atoms with Gasteiger partial charge in [0.15, 0.2) is 0 Å². The van der Waals surface area contributed by atoms with Gasteiger partial charge in [-0.05, 0) is 38.5 Å². The number of amides is 1. The topological polar surface area (TPSA) is 75.6 Å². The summed E-state index contributed by atoms with van der Waals surface area (Å²) in [5.41, 5.74) is 0.550. The molecule has 5 nitrogen and oxygen atoms in total. The number of carboxylic acids is 1. The molecule has 122 valence electrons.